The van der Waals surface area contributed by atoms with Gasteiger partial charge in [0.15, 0.2) is 0 Å². The molecular formula is C27H28N2O3. The summed E-state index contributed by atoms with van der Waals surface area (Å²) in [6.07, 6.45) is 2.79. The van der Waals surface area contributed by atoms with Gasteiger partial charge in [0, 0.05) is 24.3 Å². The zero-order valence-corrected chi connectivity index (χ0v) is 18.4. The average Bonchev–Trinajstić information content (AvgIpc) is 2.79. The van der Waals surface area contributed by atoms with Gasteiger partial charge in [-0.3, -0.25) is 4.79 Å². The maximum Gasteiger partial charge on any atom is 0.335 e. The molecule has 1 unspecified atom stereocenters. The molecule has 5 heteroatoms. The number of fused-ring (bicyclic) bond motifs is 1. The fraction of sp³-hybridized carbons (Fsp3) is 0.259. The smallest absolute Gasteiger partial charge is 0.335 e. The number of anilines is 2. The van der Waals surface area contributed by atoms with Crippen LogP contribution in [0.25, 0.3) is 11.1 Å². The number of nitrogens with one attached hydrogen (secondary N) is 1. The van der Waals surface area contributed by atoms with Crippen molar-refractivity contribution in [1.82, 2.24) is 0 Å². The summed E-state index contributed by atoms with van der Waals surface area (Å²) in [5.41, 5.74) is 5.28. The molecule has 4 rings (SSSR count). The number of carbonyl (C=O) groups is 2. The molecule has 3 aromatic rings. The zero-order valence-electron chi connectivity index (χ0n) is 18.4. The second kappa shape index (κ2) is 9.27. The van der Waals surface area contributed by atoms with E-state index in [-0.39, 0.29) is 23.6 Å². The first-order valence-electron chi connectivity index (χ1n) is 11.1. The van der Waals surface area contributed by atoms with Gasteiger partial charge < -0.3 is 15.3 Å². The van der Waals surface area contributed by atoms with E-state index >= 15 is 0 Å². The van der Waals surface area contributed by atoms with E-state index in [0.29, 0.717) is 0 Å². The fourth-order valence-corrected chi connectivity index (χ4v) is 4.62. The highest BCUT2D eigenvalue weighted by Crippen LogP contribution is 2.42. The van der Waals surface area contributed by atoms with E-state index in [4.69, 9.17) is 0 Å². The van der Waals surface area contributed by atoms with E-state index in [0.717, 1.165) is 47.3 Å². The van der Waals surface area contributed by atoms with Gasteiger partial charge in [-0.05, 0) is 65.9 Å². The van der Waals surface area contributed by atoms with E-state index in [1.165, 1.54) is 0 Å². The van der Waals surface area contributed by atoms with Gasteiger partial charge in [0.05, 0.1) is 11.6 Å². The van der Waals surface area contributed by atoms with Gasteiger partial charge in [0.25, 0.3) is 0 Å². The number of hydrogen-bond acceptors (Lipinski definition) is 3. The molecule has 0 fully saturated rings. The number of para-hydroxylation sites is 1. The van der Waals surface area contributed by atoms with Crippen LogP contribution in [0.2, 0.25) is 0 Å². The van der Waals surface area contributed by atoms with Crippen LogP contribution >= 0.6 is 0 Å². The number of amides is 1. The molecule has 1 aliphatic rings. The molecule has 0 aromatic heterocycles. The van der Waals surface area contributed by atoms with Gasteiger partial charge in [-0.25, -0.2) is 4.79 Å². The van der Waals surface area contributed by atoms with Gasteiger partial charge in [0.2, 0.25) is 5.91 Å². The first-order chi connectivity index (χ1) is 15.5. The van der Waals surface area contributed by atoms with Gasteiger partial charge in [-0.1, -0.05) is 49.7 Å². The standard InChI is InChI=1S/C27H28N2O3/c1-3-7-23-17-25(28-22-8-5-4-6-9-22)24-16-21(14-15-26(24)29(23)18(2)30)19-10-12-20(13-11-19)27(31)32/h4-6,8-16,23,25,28H,3,7,17H2,1-2H3,(H,31,32)/t23?,25-/m0/s1. The van der Waals surface area contributed by atoms with Crippen LogP contribution in [0.5, 0.6) is 0 Å². The third-order valence-corrected chi connectivity index (χ3v) is 6.08. The zero-order chi connectivity index (χ0) is 22.7. The molecule has 2 N–H and O–H groups in total. The Hall–Kier alpha value is -3.60. The first kappa shape index (κ1) is 21.6. The Morgan fingerprint density at radius 3 is 2.31 bits per heavy atom. The van der Waals surface area contributed by atoms with Crippen LogP contribution in [0.15, 0.2) is 72.8 Å². The Kier molecular flexibility index (Phi) is 6.26. The average molecular weight is 429 g/mol. The molecule has 32 heavy (non-hydrogen) atoms. The van der Waals surface area contributed by atoms with Gasteiger partial charge in [-0.15, -0.1) is 0 Å². The number of carboxylic acid groups (broad SMARTS) is 1. The molecule has 0 aliphatic carbocycles. The lowest BCUT2D eigenvalue weighted by Gasteiger charge is -2.41. The van der Waals surface area contributed by atoms with Crippen molar-refractivity contribution in [2.45, 2.75) is 45.2 Å². The molecule has 0 saturated heterocycles. The Morgan fingerprint density at radius 1 is 1.00 bits per heavy atom. The molecular weight excluding hydrogens is 400 g/mol. The molecule has 1 aliphatic heterocycles. The van der Waals surface area contributed by atoms with Crippen LogP contribution in [0.4, 0.5) is 11.4 Å². The lowest BCUT2D eigenvalue weighted by atomic mass is 9.86. The summed E-state index contributed by atoms with van der Waals surface area (Å²) < 4.78 is 0. The SMILES string of the molecule is CCCC1C[C@H](Nc2ccccc2)c2cc(-c3ccc(C(=O)O)cc3)ccc2N1C(C)=O. The molecule has 1 heterocycles. The minimum Gasteiger partial charge on any atom is -0.478 e. The number of carbonyl (C=O) groups excluding carboxylic acids is 1. The van der Waals surface area contributed by atoms with Gasteiger partial charge >= 0.3 is 5.97 Å². The van der Waals surface area contributed by atoms with Gasteiger partial charge in [-0.2, -0.15) is 0 Å². The summed E-state index contributed by atoms with van der Waals surface area (Å²) in [7, 11) is 0. The number of hydrogen-bond donors (Lipinski definition) is 2. The predicted octanol–water partition coefficient (Wildman–Crippen LogP) is 6.13. The fourth-order valence-electron chi connectivity index (χ4n) is 4.62. The number of rotatable bonds is 6. The Morgan fingerprint density at radius 2 is 1.69 bits per heavy atom. The largest absolute Gasteiger partial charge is 0.478 e. The quantitative estimate of drug-likeness (QED) is 0.495. The first-order valence-corrected chi connectivity index (χ1v) is 11.1. The van der Waals surface area contributed by atoms with Crippen LogP contribution in [0.3, 0.4) is 0 Å². The van der Waals surface area contributed by atoms with Crippen molar-refractivity contribution < 1.29 is 14.7 Å². The van der Waals surface area contributed by atoms with Crippen LogP contribution < -0.4 is 10.2 Å². The maximum absolute atomic E-state index is 12.6. The third-order valence-electron chi connectivity index (χ3n) is 6.08. The van der Waals surface area contributed by atoms with Crippen LogP contribution in [0.1, 0.15) is 55.1 Å². The lowest BCUT2D eigenvalue weighted by Crippen LogP contribution is -2.44. The topological polar surface area (TPSA) is 69.6 Å². The predicted molar refractivity (Wildman–Crippen MR) is 128 cm³/mol. The van der Waals surface area contributed by atoms with E-state index in [1.807, 2.05) is 47.4 Å². The molecule has 0 spiro atoms. The molecule has 5 nitrogen and oxygen atoms in total. The summed E-state index contributed by atoms with van der Waals surface area (Å²) in [6.45, 7) is 3.78. The lowest BCUT2D eigenvalue weighted by molar-refractivity contribution is -0.117. The monoisotopic (exact) mass is 428 g/mol. The van der Waals surface area contributed by atoms with E-state index in [2.05, 4.69) is 30.4 Å². The van der Waals surface area contributed by atoms with E-state index < -0.39 is 5.97 Å². The summed E-state index contributed by atoms with van der Waals surface area (Å²) in [5, 5.41) is 12.9. The highest BCUT2D eigenvalue weighted by atomic mass is 16.4. The number of benzene rings is 3. The van der Waals surface area contributed by atoms with Gasteiger partial charge in [0.1, 0.15) is 0 Å². The molecule has 3 aromatic carbocycles. The highest BCUT2D eigenvalue weighted by molar-refractivity contribution is 5.94. The normalized spacial score (nSPS) is 17.5. The van der Waals surface area contributed by atoms with E-state index in [9.17, 15) is 14.7 Å². The van der Waals surface area contributed by atoms with Crippen molar-refractivity contribution >= 4 is 23.3 Å². The number of carboxylic acids is 1. The number of aromatic carboxylic acids is 1. The Labute approximate surface area is 188 Å². The second-order valence-corrected chi connectivity index (χ2v) is 8.29. The highest BCUT2D eigenvalue weighted by Gasteiger charge is 2.34. The number of nitrogens with zero attached hydrogens (tertiary/aromatic N) is 1. The third kappa shape index (κ3) is 4.37. The minimum absolute atomic E-state index is 0.0569. The van der Waals surface area contributed by atoms with Crippen molar-refractivity contribution in [3.63, 3.8) is 0 Å². The summed E-state index contributed by atoms with van der Waals surface area (Å²) >= 11 is 0. The van der Waals surface area contributed by atoms with Crippen LogP contribution in [-0.2, 0) is 4.79 Å². The molecule has 0 saturated carbocycles. The molecule has 0 radical (unpaired) electrons. The van der Waals surface area contributed by atoms with Crippen molar-refractivity contribution in [2.24, 2.45) is 0 Å². The van der Waals surface area contributed by atoms with Crippen LogP contribution in [-0.4, -0.2) is 23.0 Å². The summed E-state index contributed by atoms with van der Waals surface area (Å²) in [4.78, 5) is 25.8. The van der Waals surface area contributed by atoms with Crippen molar-refractivity contribution in [1.29, 1.82) is 0 Å². The molecule has 2 atom stereocenters. The Bertz CT molecular complexity index is 1110. The molecule has 164 valence electrons. The van der Waals surface area contributed by atoms with Crippen molar-refractivity contribution in [3.05, 3.63) is 83.9 Å². The summed E-state index contributed by atoms with van der Waals surface area (Å²) in [6, 6.07) is 23.4. The molecule has 1 amide bonds. The minimum atomic E-state index is -0.937. The second-order valence-electron chi connectivity index (χ2n) is 8.29. The van der Waals surface area contributed by atoms with E-state index in [1.54, 1.807) is 19.1 Å². The van der Waals surface area contributed by atoms with Crippen molar-refractivity contribution in [3.8, 4) is 11.1 Å². The molecule has 0 bridgehead atoms. The van der Waals surface area contributed by atoms with Crippen LogP contribution in [0, 0.1) is 0 Å². The Balaban J connectivity index is 1.77. The summed E-state index contributed by atoms with van der Waals surface area (Å²) in [5.74, 6) is -0.880. The van der Waals surface area contributed by atoms with Crippen molar-refractivity contribution in [2.75, 3.05) is 10.2 Å². The maximum atomic E-state index is 12.6.